The van der Waals surface area contributed by atoms with Crippen LogP contribution in [0.5, 0.6) is 0 Å². The second-order valence-electron chi connectivity index (χ2n) is 9.04. The lowest BCUT2D eigenvalue weighted by Crippen LogP contribution is -2.47. The lowest BCUT2D eigenvalue weighted by atomic mass is 10.1. The molecule has 0 aliphatic carbocycles. The zero-order valence-corrected chi connectivity index (χ0v) is 21.7. The molecule has 2 aromatic carbocycles. The first kappa shape index (κ1) is 26.0. The van der Waals surface area contributed by atoms with E-state index in [9.17, 15) is 9.59 Å². The highest BCUT2D eigenvalue weighted by molar-refractivity contribution is 6.02. The van der Waals surface area contributed by atoms with Crippen LogP contribution in [0, 0.1) is 13.8 Å². The summed E-state index contributed by atoms with van der Waals surface area (Å²) in [6.07, 6.45) is 0. The smallest absolute Gasteiger partial charge is 0.291 e. The van der Waals surface area contributed by atoms with Crippen LogP contribution in [0.15, 0.2) is 82.0 Å². The second kappa shape index (κ2) is 11.3. The van der Waals surface area contributed by atoms with Crippen LogP contribution in [-0.2, 0) is 6.54 Å². The topological polar surface area (TPSA) is 83.6 Å². The number of rotatable bonds is 6. The van der Waals surface area contributed by atoms with Gasteiger partial charge in [0, 0.05) is 43.6 Å². The molecule has 0 radical (unpaired) electrons. The quantitative estimate of drug-likeness (QED) is 0.404. The van der Waals surface area contributed by atoms with E-state index in [0.717, 1.165) is 48.8 Å². The SMILES string of the molecule is Cc1ccc(C)c(NC(=O)c2ccc(Cn3nc(N4CCN(c5ccccc5)CC4)ccc3=O)o2)c1.Cl. The minimum atomic E-state index is -0.333. The molecule has 1 aliphatic rings. The maximum absolute atomic E-state index is 12.7. The molecule has 37 heavy (non-hydrogen) atoms. The first-order chi connectivity index (χ1) is 17.5. The molecule has 5 rings (SSSR count). The van der Waals surface area contributed by atoms with Crippen molar-refractivity contribution < 1.29 is 9.21 Å². The number of carbonyl (C=O) groups excluding carboxylic acids is 1. The summed E-state index contributed by atoms with van der Waals surface area (Å²) < 4.78 is 7.14. The van der Waals surface area contributed by atoms with Crippen molar-refractivity contribution in [2.24, 2.45) is 0 Å². The summed E-state index contributed by atoms with van der Waals surface area (Å²) in [5.41, 5.74) is 3.77. The minimum Gasteiger partial charge on any atom is -0.454 e. The Labute approximate surface area is 221 Å². The highest BCUT2D eigenvalue weighted by atomic mass is 35.5. The third-order valence-electron chi connectivity index (χ3n) is 6.41. The Balaban J connectivity index is 0.00000320. The summed E-state index contributed by atoms with van der Waals surface area (Å²) in [4.78, 5) is 29.7. The van der Waals surface area contributed by atoms with Crippen LogP contribution in [0.2, 0.25) is 0 Å². The van der Waals surface area contributed by atoms with Gasteiger partial charge in [-0.05, 0) is 61.4 Å². The molecule has 4 aromatic rings. The van der Waals surface area contributed by atoms with Gasteiger partial charge in [-0.3, -0.25) is 9.59 Å². The van der Waals surface area contributed by atoms with E-state index in [1.807, 2.05) is 50.2 Å². The van der Waals surface area contributed by atoms with Crippen molar-refractivity contribution in [3.63, 3.8) is 0 Å². The van der Waals surface area contributed by atoms with Gasteiger partial charge in [0.1, 0.15) is 18.1 Å². The van der Waals surface area contributed by atoms with Crippen LogP contribution in [-0.4, -0.2) is 41.9 Å². The van der Waals surface area contributed by atoms with E-state index in [2.05, 4.69) is 32.3 Å². The van der Waals surface area contributed by atoms with Gasteiger partial charge < -0.3 is 19.5 Å². The predicted octanol–water partition coefficient (Wildman–Crippen LogP) is 4.50. The average Bonchev–Trinajstić information content (AvgIpc) is 3.37. The van der Waals surface area contributed by atoms with Gasteiger partial charge in [0.25, 0.3) is 11.5 Å². The lowest BCUT2D eigenvalue weighted by Gasteiger charge is -2.36. The Hall–Kier alpha value is -4.04. The van der Waals surface area contributed by atoms with E-state index in [0.29, 0.717) is 5.76 Å². The van der Waals surface area contributed by atoms with Crippen LogP contribution in [0.3, 0.4) is 0 Å². The molecule has 192 valence electrons. The number of hydrogen-bond acceptors (Lipinski definition) is 6. The Kier molecular flexibility index (Phi) is 7.98. The molecule has 0 atom stereocenters. The number of benzene rings is 2. The summed E-state index contributed by atoms with van der Waals surface area (Å²) in [6.45, 7) is 7.43. The summed E-state index contributed by atoms with van der Waals surface area (Å²) in [5, 5.41) is 7.48. The van der Waals surface area contributed by atoms with Crippen LogP contribution in [0.25, 0.3) is 0 Å². The highest BCUT2D eigenvalue weighted by Crippen LogP contribution is 2.20. The van der Waals surface area contributed by atoms with Crippen molar-refractivity contribution in [1.82, 2.24) is 9.78 Å². The number of amides is 1. The Bertz CT molecular complexity index is 1430. The van der Waals surface area contributed by atoms with Gasteiger partial charge in [-0.15, -0.1) is 12.4 Å². The van der Waals surface area contributed by atoms with Gasteiger partial charge in [0.05, 0.1) is 0 Å². The third-order valence-corrected chi connectivity index (χ3v) is 6.41. The van der Waals surface area contributed by atoms with E-state index in [-0.39, 0.29) is 36.2 Å². The largest absolute Gasteiger partial charge is 0.454 e. The molecular formula is C28H30ClN5O3. The molecule has 1 N–H and O–H groups in total. The van der Waals surface area contributed by atoms with Crippen molar-refractivity contribution in [3.05, 3.63) is 106 Å². The number of aryl methyl sites for hydroxylation is 2. The zero-order chi connectivity index (χ0) is 25.1. The Morgan fingerprint density at radius 2 is 1.65 bits per heavy atom. The van der Waals surface area contributed by atoms with Crippen LogP contribution in [0.1, 0.15) is 27.4 Å². The highest BCUT2D eigenvalue weighted by Gasteiger charge is 2.19. The standard InChI is InChI=1S/C28H29N5O3.ClH/c1-20-8-9-21(2)24(18-20)29-28(35)25-11-10-23(36-25)19-33-27(34)13-12-26(30-33)32-16-14-31(15-17-32)22-6-4-3-5-7-22;/h3-13,18H,14-17,19H2,1-2H3,(H,29,35);1H. The number of nitrogens with one attached hydrogen (secondary N) is 1. The van der Waals surface area contributed by atoms with E-state index in [4.69, 9.17) is 4.42 Å². The summed E-state index contributed by atoms with van der Waals surface area (Å²) >= 11 is 0. The molecule has 3 heterocycles. The number of piperazine rings is 1. The van der Waals surface area contributed by atoms with Crippen molar-refractivity contribution in [2.75, 3.05) is 41.3 Å². The molecule has 0 saturated carbocycles. The molecule has 0 bridgehead atoms. The number of nitrogens with zero attached hydrogens (tertiary/aromatic N) is 4. The van der Waals surface area contributed by atoms with Gasteiger partial charge in [0.15, 0.2) is 5.76 Å². The van der Waals surface area contributed by atoms with Crippen molar-refractivity contribution in [2.45, 2.75) is 20.4 Å². The average molecular weight is 520 g/mol. The number of carbonyl (C=O) groups is 1. The fourth-order valence-electron chi connectivity index (χ4n) is 4.34. The Morgan fingerprint density at radius 1 is 0.919 bits per heavy atom. The maximum Gasteiger partial charge on any atom is 0.291 e. The summed E-state index contributed by atoms with van der Waals surface area (Å²) in [5.74, 6) is 1.09. The number of aromatic nitrogens is 2. The Morgan fingerprint density at radius 3 is 2.41 bits per heavy atom. The molecule has 0 spiro atoms. The van der Waals surface area contributed by atoms with E-state index in [1.54, 1.807) is 18.2 Å². The monoisotopic (exact) mass is 519 g/mol. The zero-order valence-electron chi connectivity index (χ0n) is 20.9. The summed E-state index contributed by atoms with van der Waals surface area (Å²) in [7, 11) is 0. The second-order valence-corrected chi connectivity index (χ2v) is 9.04. The first-order valence-corrected chi connectivity index (χ1v) is 12.1. The van der Waals surface area contributed by atoms with Crippen molar-refractivity contribution in [3.8, 4) is 0 Å². The van der Waals surface area contributed by atoms with Crippen molar-refractivity contribution in [1.29, 1.82) is 0 Å². The van der Waals surface area contributed by atoms with Crippen LogP contribution < -0.4 is 20.7 Å². The maximum atomic E-state index is 12.7. The summed E-state index contributed by atoms with van der Waals surface area (Å²) in [6, 6.07) is 22.9. The fourth-order valence-corrected chi connectivity index (χ4v) is 4.34. The number of hydrogen-bond donors (Lipinski definition) is 1. The molecule has 1 saturated heterocycles. The lowest BCUT2D eigenvalue weighted by molar-refractivity contribution is 0.0994. The number of anilines is 3. The number of furan rings is 1. The normalized spacial score (nSPS) is 13.2. The van der Waals surface area contributed by atoms with Gasteiger partial charge in [-0.25, -0.2) is 4.68 Å². The molecular weight excluding hydrogens is 490 g/mol. The van der Waals surface area contributed by atoms with E-state index < -0.39 is 0 Å². The fraction of sp³-hybridized carbons (Fsp3) is 0.250. The van der Waals surface area contributed by atoms with Gasteiger partial charge >= 0.3 is 0 Å². The van der Waals surface area contributed by atoms with E-state index in [1.165, 1.54) is 16.4 Å². The molecule has 8 nitrogen and oxygen atoms in total. The molecule has 9 heteroatoms. The molecule has 1 aliphatic heterocycles. The predicted molar refractivity (Wildman–Crippen MR) is 148 cm³/mol. The molecule has 1 amide bonds. The number of para-hydroxylation sites is 1. The van der Waals surface area contributed by atoms with Gasteiger partial charge in [0.2, 0.25) is 0 Å². The van der Waals surface area contributed by atoms with Gasteiger partial charge in [-0.1, -0.05) is 30.3 Å². The number of halogens is 1. The molecule has 1 fully saturated rings. The van der Waals surface area contributed by atoms with Gasteiger partial charge in [-0.2, -0.15) is 5.10 Å². The molecule has 0 unspecified atom stereocenters. The first-order valence-electron chi connectivity index (χ1n) is 12.1. The molecule has 2 aromatic heterocycles. The van der Waals surface area contributed by atoms with Crippen LogP contribution in [0.4, 0.5) is 17.2 Å². The van der Waals surface area contributed by atoms with E-state index >= 15 is 0 Å². The third kappa shape index (κ3) is 6.03. The van der Waals surface area contributed by atoms with Crippen LogP contribution >= 0.6 is 12.4 Å². The van der Waals surface area contributed by atoms with Crippen molar-refractivity contribution >= 4 is 35.5 Å². The minimum absolute atomic E-state index is 0.